The Balaban J connectivity index is 0.918. The minimum Gasteiger partial charge on any atom is -0.310 e. The molecule has 0 saturated heterocycles. The van der Waals surface area contributed by atoms with Crippen LogP contribution in [-0.4, -0.2) is 8.07 Å². The van der Waals surface area contributed by atoms with Gasteiger partial charge in [0.05, 0.1) is 0 Å². The Hall–Kier alpha value is -7.26. The van der Waals surface area contributed by atoms with Gasteiger partial charge in [-0.05, 0) is 112 Å². The summed E-state index contributed by atoms with van der Waals surface area (Å²) in [6.45, 7) is 4.75. The second-order valence-electron chi connectivity index (χ2n) is 16.9. The SMILES string of the molecule is CC1(C)c2cccc3ccc4cc(N(c5ccccc5)c5ccc(-c6ccc(-c7ccc([Si](c8ccccc8)(c8ccccc8)c8ccccc8)cc7)cc6)cc5)cc1c4c23. The molecule has 1 aliphatic rings. The van der Waals surface area contributed by atoms with Gasteiger partial charge in [0.15, 0.2) is 8.07 Å². The van der Waals surface area contributed by atoms with Gasteiger partial charge in [0.2, 0.25) is 0 Å². The number of hydrogen-bond acceptors (Lipinski definition) is 1. The van der Waals surface area contributed by atoms with Crippen LogP contribution in [0, 0.1) is 0 Å². The highest BCUT2D eigenvalue weighted by atomic mass is 28.3. The first-order chi connectivity index (χ1) is 30.0. The Morgan fingerprint density at radius 2 is 0.721 bits per heavy atom. The van der Waals surface area contributed by atoms with Crippen molar-refractivity contribution in [1.29, 1.82) is 0 Å². The van der Waals surface area contributed by atoms with Crippen molar-refractivity contribution in [2.24, 2.45) is 0 Å². The number of hydrogen-bond donors (Lipinski definition) is 0. The maximum absolute atomic E-state index is 2.57. The van der Waals surface area contributed by atoms with Crippen molar-refractivity contribution in [3.8, 4) is 22.3 Å². The first kappa shape index (κ1) is 36.8. The van der Waals surface area contributed by atoms with Crippen LogP contribution in [0.2, 0.25) is 0 Å². The first-order valence-corrected chi connectivity index (χ1v) is 23.3. The Kier molecular flexibility index (Phi) is 8.91. The minimum atomic E-state index is -2.57. The van der Waals surface area contributed by atoms with Crippen LogP contribution < -0.4 is 25.6 Å². The molecule has 0 aromatic heterocycles. The van der Waals surface area contributed by atoms with Crippen molar-refractivity contribution in [3.05, 3.63) is 248 Å². The van der Waals surface area contributed by atoms with E-state index in [1.54, 1.807) is 0 Å². The molecule has 10 aromatic rings. The summed E-state index contributed by atoms with van der Waals surface area (Å²) in [7, 11) is -2.57. The van der Waals surface area contributed by atoms with Crippen LogP contribution in [0.1, 0.15) is 25.0 Å². The molecule has 61 heavy (non-hydrogen) atoms. The lowest BCUT2D eigenvalue weighted by Crippen LogP contribution is -2.74. The third-order valence-corrected chi connectivity index (χ3v) is 18.0. The van der Waals surface area contributed by atoms with Crippen molar-refractivity contribution in [2.75, 3.05) is 4.90 Å². The summed E-state index contributed by atoms with van der Waals surface area (Å²) in [5.74, 6) is 0. The zero-order valence-electron chi connectivity index (χ0n) is 34.5. The van der Waals surface area contributed by atoms with Crippen LogP contribution in [-0.2, 0) is 5.41 Å². The predicted octanol–water partition coefficient (Wildman–Crippen LogP) is 12.8. The third kappa shape index (κ3) is 6.05. The van der Waals surface area contributed by atoms with Crippen molar-refractivity contribution < 1.29 is 0 Å². The molecule has 0 heterocycles. The average molecular weight is 796 g/mol. The molecule has 0 atom stereocenters. The van der Waals surface area contributed by atoms with E-state index in [1.165, 1.54) is 81.4 Å². The maximum Gasteiger partial charge on any atom is 0.179 e. The van der Waals surface area contributed by atoms with Gasteiger partial charge in [-0.2, -0.15) is 0 Å². The zero-order chi connectivity index (χ0) is 41.0. The fourth-order valence-electron chi connectivity index (χ4n) is 10.2. The van der Waals surface area contributed by atoms with Gasteiger partial charge in [0, 0.05) is 22.5 Å². The molecule has 0 spiro atoms. The smallest absolute Gasteiger partial charge is 0.179 e. The highest BCUT2D eigenvalue weighted by molar-refractivity contribution is 7.19. The zero-order valence-corrected chi connectivity index (χ0v) is 35.5. The monoisotopic (exact) mass is 795 g/mol. The van der Waals surface area contributed by atoms with E-state index >= 15 is 0 Å². The van der Waals surface area contributed by atoms with Gasteiger partial charge in [0.1, 0.15) is 0 Å². The van der Waals surface area contributed by atoms with Gasteiger partial charge in [-0.25, -0.2) is 0 Å². The van der Waals surface area contributed by atoms with Gasteiger partial charge in [-0.1, -0.05) is 214 Å². The number of benzene rings is 10. The molecule has 0 saturated carbocycles. The molecule has 290 valence electrons. The van der Waals surface area contributed by atoms with Crippen LogP contribution in [0.15, 0.2) is 237 Å². The van der Waals surface area contributed by atoms with E-state index in [0.29, 0.717) is 0 Å². The van der Waals surface area contributed by atoms with Crippen molar-refractivity contribution >= 4 is 67.4 Å². The van der Waals surface area contributed by atoms with Crippen LogP contribution in [0.3, 0.4) is 0 Å². The van der Waals surface area contributed by atoms with E-state index in [-0.39, 0.29) is 5.41 Å². The summed E-state index contributed by atoms with van der Waals surface area (Å²) in [6.07, 6.45) is 0. The second kappa shape index (κ2) is 14.8. The van der Waals surface area contributed by atoms with E-state index in [0.717, 1.165) is 11.4 Å². The fourth-order valence-corrected chi connectivity index (χ4v) is 14.9. The third-order valence-electron chi connectivity index (χ3n) is 13.2. The molecule has 0 unspecified atom stereocenters. The highest BCUT2D eigenvalue weighted by Gasteiger charge is 2.41. The minimum absolute atomic E-state index is 0.0866. The molecule has 0 amide bonds. The molecule has 2 heteroatoms. The summed E-state index contributed by atoms with van der Waals surface area (Å²) in [5.41, 5.74) is 11.0. The van der Waals surface area contributed by atoms with Crippen molar-refractivity contribution in [1.82, 2.24) is 0 Å². The van der Waals surface area contributed by atoms with Crippen LogP contribution in [0.5, 0.6) is 0 Å². The molecule has 1 aliphatic carbocycles. The lowest BCUT2D eigenvalue weighted by Gasteiger charge is -2.34. The van der Waals surface area contributed by atoms with E-state index in [4.69, 9.17) is 0 Å². The quantitative estimate of drug-likeness (QED) is 0.0799. The molecule has 1 nitrogen and oxygen atoms in total. The van der Waals surface area contributed by atoms with Crippen LogP contribution >= 0.6 is 0 Å². The summed E-state index contributed by atoms with van der Waals surface area (Å²) in [5, 5.41) is 10.9. The largest absolute Gasteiger partial charge is 0.310 e. The average Bonchev–Trinajstić information content (AvgIpc) is 3.57. The Bertz CT molecular complexity index is 3060. The molecular weight excluding hydrogens is 751 g/mol. The predicted molar refractivity (Wildman–Crippen MR) is 263 cm³/mol. The summed E-state index contributed by atoms with van der Waals surface area (Å²) in [6, 6.07) is 87.8. The van der Waals surface area contributed by atoms with E-state index in [1.807, 2.05) is 0 Å². The number of nitrogens with zero attached hydrogens (tertiary/aromatic N) is 1. The van der Waals surface area contributed by atoms with Gasteiger partial charge in [-0.3, -0.25) is 0 Å². The number of rotatable bonds is 9. The Morgan fingerprint density at radius 1 is 0.311 bits per heavy atom. The molecule has 0 bridgehead atoms. The maximum atomic E-state index is 2.43. The van der Waals surface area contributed by atoms with Gasteiger partial charge in [-0.15, -0.1) is 0 Å². The van der Waals surface area contributed by atoms with Crippen molar-refractivity contribution in [2.45, 2.75) is 19.3 Å². The molecular formula is C59H45NSi. The molecule has 0 radical (unpaired) electrons. The van der Waals surface area contributed by atoms with E-state index in [2.05, 4.69) is 255 Å². The molecule has 10 aromatic carbocycles. The van der Waals surface area contributed by atoms with E-state index in [9.17, 15) is 0 Å². The second-order valence-corrected chi connectivity index (χ2v) is 20.7. The highest BCUT2D eigenvalue weighted by Crippen LogP contribution is 2.51. The molecule has 0 N–H and O–H groups in total. The van der Waals surface area contributed by atoms with Gasteiger partial charge < -0.3 is 4.90 Å². The summed E-state index contributed by atoms with van der Waals surface area (Å²) < 4.78 is 0. The van der Waals surface area contributed by atoms with Gasteiger partial charge in [0.25, 0.3) is 0 Å². The summed E-state index contributed by atoms with van der Waals surface area (Å²) >= 11 is 0. The first-order valence-electron chi connectivity index (χ1n) is 21.3. The normalized spacial score (nSPS) is 12.9. The Labute approximate surface area is 359 Å². The van der Waals surface area contributed by atoms with Gasteiger partial charge >= 0.3 is 0 Å². The standard InChI is InChI=1S/C59H45NSi/c1-59(2)55-25-15-16-46-30-31-47-40-50(41-56(59)58(47)57(46)55)60(48-17-7-3-8-18-48)49-36-32-44(33-37-49)42-26-28-43(29-27-42)45-34-38-54(39-35-45)61(51-19-9-4-10-20-51,52-21-11-5-12-22-52)53-23-13-6-14-24-53/h3-41H,1-2H3. The summed E-state index contributed by atoms with van der Waals surface area (Å²) in [4.78, 5) is 2.40. The molecule has 0 fully saturated rings. The van der Waals surface area contributed by atoms with E-state index < -0.39 is 8.07 Å². The fraction of sp³-hybridized carbons (Fsp3) is 0.0508. The number of anilines is 3. The topological polar surface area (TPSA) is 3.24 Å². The van der Waals surface area contributed by atoms with Crippen LogP contribution in [0.25, 0.3) is 43.8 Å². The lowest BCUT2D eigenvalue weighted by atomic mass is 9.81. The lowest BCUT2D eigenvalue weighted by molar-refractivity contribution is 0.663. The Morgan fingerprint density at radius 3 is 1.25 bits per heavy atom. The van der Waals surface area contributed by atoms with Crippen LogP contribution in [0.4, 0.5) is 17.1 Å². The van der Waals surface area contributed by atoms with Crippen molar-refractivity contribution in [3.63, 3.8) is 0 Å². The molecule has 0 aliphatic heterocycles. The number of para-hydroxylation sites is 1. The molecule has 11 rings (SSSR count).